The number of amides is 1. The monoisotopic (exact) mass is 315 g/mol. The summed E-state index contributed by atoms with van der Waals surface area (Å²) in [6, 6.07) is 7.62. The molecule has 1 heterocycles. The van der Waals surface area contributed by atoms with Crippen LogP contribution in [0.1, 0.15) is 54.1 Å². The van der Waals surface area contributed by atoms with E-state index in [2.05, 4.69) is 10.4 Å². The first kappa shape index (κ1) is 17.2. The summed E-state index contributed by atoms with van der Waals surface area (Å²) in [6.07, 6.45) is 0.991. The van der Waals surface area contributed by atoms with Gasteiger partial charge in [0, 0.05) is 25.2 Å². The Morgan fingerprint density at radius 2 is 2.00 bits per heavy atom. The predicted molar refractivity (Wildman–Crippen MR) is 90.4 cm³/mol. The Kier molecular flexibility index (Phi) is 4.90. The van der Waals surface area contributed by atoms with E-state index in [4.69, 9.17) is 0 Å². The van der Waals surface area contributed by atoms with Crippen LogP contribution < -0.4 is 5.32 Å². The van der Waals surface area contributed by atoms with Gasteiger partial charge in [-0.25, -0.2) is 0 Å². The van der Waals surface area contributed by atoms with E-state index < -0.39 is 6.10 Å². The van der Waals surface area contributed by atoms with Crippen molar-refractivity contribution < 1.29 is 9.90 Å². The van der Waals surface area contributed by atoms with Gasteiger partial charge >= 0.3 is 0 Å². The molecule has 0 aliphatic carbocycles. The molecule has 124 valence electrons. The fraction of sp³-hybridized carbons (Fsp3) is 0.444. The highest BCUT2D eigenvalue weighted by Gasteiger charge is 2.26. The third kappa shape index (κ3) is 3.99. The summed E-state index contributed by atoms with van der Waals surface area (Å²) in [6.45, 7) is 8.18. The number of rotatable bonds is 4. The van der Waals surface area contributed by atoms with Crippen LogP contribution in [0.5, 0.6) is 0 Å². The van der Waals surface area contributed by atoms with Gasteiger partial charge in [0.25, 0.3) is 5.91 Å². The van der Waals surface area contributed by atoms with E-state index in [0.717, 1.165) is 16.8 Å². The van der Waals surface area contributed by atoms with Crippen molar-refractivity contribution in [1.29, 1.82) is 0 Å². The smallest absolute Gasteiger partial charge is 0.254 e. The molecule has 1 atom stereocenters. The van der Waals surface area contributed by atoms with Gasteiger partial charge in [0.1, 0.15) is 0 Å². The maximum absolute atomic E-state index is 12.5. The van der Waals surface area contributed by atoms with Crippen molar-refractivity contribution >= 4 is 5.91 Å². The van der Waals surface area contributed by atoms with Crippen LogP contribution in [0, 0.1) is 6.92 Å². The zero-order chi connectivity index (χ0) is 17.2. The van der Waals surface area contributed by atoms with E-state index in [1.54, 1.807) is 17.9 Å². The maximum atomic E-state index is 12.5. The molecular formula is C18H25N3O2. The molecular weight excluding hydrogens is 290 g/mol. The molecule has 2 N–H and O–H groups in total. The minimum absolute atomic E-state index is 0.169. The van der Waals surface area contributed by atoms with Crippen LogP contribution in [0.15, 0.2) is 30.5 Å². The quantitative estimate of drug-likeness (QED) is 0.911. The average molecular weight is 315 g/mol. The zero-order valence-corrected chi connectivity index (χ0v) is 14.4. The minimum Gasteiger partial charge on any atom is -0.387 e. The van der Waals surface area contributed by atoms with Crippen LogP contribution in [0.4, 0.5) is 0 Å². The molecule has 23 heavy (non-hydrogen) atoms. The molecule has 1 aromatic heterocycles. The first-order chi connectivity index (χ1) is 10.7. The van der Waals surface area contributed by atoms with Crippen molar-refractivity contribution in [2.24, 2.45) is 7.05 Å². The van der Waals surface area contributed by atoms with Crippen LogP contribution in [0.3, 0.4) is 0 Å². The molecule has 1 amide bonds. The molecule has 0 aliphatic heterocycles. The normalized spacial score (nSPS) is 13.0. The van der Waals surface area contributed by atoms with Gasteiger partial charge in [-0.15, -0.1) is 0 Å². The number of hydrogen-bond donors (Lipinski definition) is 2. The number of aryl methyl sites for hydroxylation is 2. The first-order valence-electron chi connectivity index (χ1n) is 7.76. The van der Waals surface area contributed by atoms with E-state index in [0.29, 0.717) is 5.56 Å². The molecule has 0 fully saturated rings. The fourth-order valence-corrected chi connectivity index (χ4v) is 2.56. The summed E-state index contributed by atoms with van der Waals surface area (Å²) in [5.74, 6) is -0.212. The zero-order valence-electron chi connectivity index (χ0n) is 14.4. The van der Waals surface area contributed by atoms with E-state index >= 15 is 0 Å². The second-order valence-electron chi connectivity index (χ2n) is 6.90. The van der Waals surface area contributed by atoms with Crippen molar-refractivity contribution in [2.75, 3.05) is 6.54 Å². The van der Waals surface area contributed by atoms with E-state index in [-0.39, 0.29) is 17.9 Å². The molecule has 5 nitrogen and oxygen atoms in total. The molecule has 5 heteroatoms. The number of nitrogens with one attached hydrogen (secondary N) is 1. The lowest BCUT2D eigenvalue weighted by atomic mass is 9.89. The van der Waals surface area contributed by atoms with Gasteiger partial charge in [-0.3, -0.25) is 9.48 Å². The first-order valence-corrected chi connectivity index (χ1v) is 7.76. The summed E-state index contributed by atoms with van der Waals surface area (Å²) in [5.41, 5.74) is 2.92. The highest BCUT2D eigenvalue weighted by Crippen LogP contribution is 2.24. The lowest BCUT2D eigenvalue weighted by Crippen LogP contribution is -2.30. The topological polar surface area (TPSA) is 67.2 Å². The highest BCUT2D eigenvalue weighted by atomic mass is 16.3. The Morgan fingerprint density at radius 1 is 1.35 bits per heavy atom. The van der Waals surface area contributed by atoms with Gasteiger partial charge in [-0.1, -0.05) is 45.0 Å². The van der Waals surface area contributed by atoms with Crippen molar-refractivity contribution in [2.45, 2.75) is 39.2 Å². The van der Waals surface area contributed by atoms with Crippen molar-refractivity contribution in [1.82, 2.24) is 15.1 Å². The van der Waals surface area contributed by atoms with Crippen LogP contribution >= 0.6 is 0 Å². The number of benzene rings is 1. The Balaban J connectivity index is 2.10. The number of aromatic nitrogens is 2. The number of nitrogens with zero attached hydrogens (tertiary/aromatic N) is 2. The standard InChI is InChI=1S/C18H25N3O2/c1-12-8-6-7-9-13(12)15(22)10-19-17(23)14-11-21(5)20-16(14)18(2,3)4/h6-9,11,15,22H,10H2,1-5H3,(H,19,23). The van der Waals surface area contributed by atoms with Crippen LogP contribution in [-0.2, 0) is 12.5 Å². The predicted octanol–water partition coefficient (Wildman–Crippen LogP) is 2.49. The minimum atomic E-state index is -0.727. The molecule has 0 radical (unpaired) electrons. The molecule has 1 unspecified atom stereocenters. The van der Waals surface area contributed by atoms with Gasteiger partial charge in [-0.2, -0.15) is 5.10 Å². The molecule has 0 saturated carbocycles. The average Bonchev–Trinajstić information content (AvgIpc) is 2.87. The molecule has 2 aromatic rings. The fourth-order valence-electron chi connectivity index (χ4n) is 2.56. The number of carbonyl (C=O) groups excluding carboxylic acids is 1. The molecule has 0 saturated heterocycles. The highest BCUT2D eigenvalue weighted by molar-refractivity contribution is 5.95. The van der Waals surface area contributed by atoms with Crippen molar-refractivity contribution in [3.05, 3.63) is 52.8 Å². The van der Waals surface area contributed by atoms with E-state index in [1.807, 2.05) is 52.0 Å². The Hall–Kier alpha value is -2.14. The van der Waals surface area contributed by atoms with Gasteiger partial charge in [0.2, 0.25) is 0 Å². The van der Waals surface area contributed by atoms with Crippen molar-refractivity contribution in [3.8, 4) is 0 Å². The van der Waals surface area contributed by atoms with Crippen LogP contribution in [-0.4, -0.2) is 27.3 Å². The Labute approximate surface area is 137 Å². The lowest BCUT2D eigenvalue weighted by Gasteiger charge is -2.18. The van der Waals surface area contributed by atoms with Gasteiger partial charge < -0.3 is 10.4 Å². The Morgan fingerprint density at radius 3 is 2.61 bits per heavy atom. The maximum Gasteiger partial charge on any atom is 0.254 e. The van der Waals surface area contributed by atoms with Crippen molar-refractivity contribution in [3.63, 3.8) is 0 Å². The largest absolute Gasteiger partial charge is 0.387 e. The number of aliphatic hydroxyl groups is 1. The third-order valence-electron chi connectivity index (χ3n) is 3.79. The summed E-state index contributed by atoms with van der Waals surface area (Å²) in [5, 5.41) is 17.5. The van der Waals surface area contributed by atoms with Crippen LogP contribution in [0.2, 0.25) is 0 Å². The number of aliphatic hydroxyl groups excluding tert-OH is 1. The molecule has 2 rings (SSSR count). The lowest BCUT2D eigenvalue weighted by molar-refractivity contribution is 0.0913. The van der Waals surface area contributed by atoms with Gasteiger partial charge in [0.15, 0.2) is 0 Å². The summed E-state index contributed by atoms with van der Waals surface area (Å²) in [4.78, 5) is 12.5. The third-order valence-corrected chi connectivity index (χ3v) is 3.79. The number of hydrogen-bond acceptors (Lipinski definition) is 3. The Bertz CT molecular complexity index is 699. The molecule has 0 bridgehead atoms. The summed E-state index contributed by atoms with van der Waals surface area (Å²) in [7, 11) is 1.80. The molecule has 0 aliphatic rings. The van der Waals surface area contributed by atoms with Gasteiger partial charge in [-0.05, 0) is 18.1 Å². The summed E-state index contributed by atoms with van der Waals surface area (Å²) < 4.78 is 1.65. The molecule has 1 aromatic carbocycles. The SMILES string of the molecule is Cc1ccccc1C(O)CNC(=O)c1cn(C)nc1C(C)(C)C. The van der Waals surface area contributed by atoms with Crippen LogP contribution in [0.25, 0.3) is 0 Å². The van der Waals surface area contributed by atoms with E-state index in [1.165, 1.54) is 0 Å². The second kappa shape index (κ2) is 6.54. The molecule has 0 spiro atoms. The summed E-state index contributed by atoms with van der Waals surface area (Å²) >= 11 is 0. The second-order valence-corrected chi connectivity index (χ2v) is 6.90. The van der Waals surface area contributed by atoms with Gasteiger partial charge in [0.05, 0.1) is 17.4 Å². The van der Waals surface area contributed by atoms with E-state index in [9.17, 15) is 9.90 Å². The number of carbonyl (C=O) groups is 1.